The lowest BCUT2D eigenvalue weighted by Crippen LogP contribution is -2.37. The third-order valence-electron chi connectivity index (χ3n) is 4.94. The Hall–Kier alpha value is -1.32. The van der Waals surface area contributed by atoms with E-state index in [0.717, 1.165) is 31.8 Å². The van der Waals surface area contributed by atoms with Gasteiger partial charge in [-0.2, -0.15) is 0 Å². The van der Waals surface area contributed by atoms with Crippen LogP contribution in [0.25, 0.3) is 10.9 Å². The molecule has 0 saturated carbocycles. The SMILES string of the molecule is CCC1CCc2c1nc1ccccc1c2N1CCOCC1.Cl. The van der Waals surface area contributed by atoms with Gasteiger partial charge in [-0.3, -0.25) is 4.98 Å². The van der Waals surface area contributed by atoms with E-state index in [0.29, 0.717) is 5.92 Å². The van der Waals surface area contributed by atoms with Gasteiger partial charge in [0, 0.05) is 30.1 Å². The van der Waals surface area contributed by atoms with Crippen molar-refractivity contribution >= 4 is 29.0 Å². The zero-order valence-corrected chi connectivity index (χ0v) is 13.9. The maximum absolute atomic E-state index is 5.54. The first kappa shape index (κ1) is 15.6. The average Bonchev–Trinajstić information content (AvgIpc) is 2.96. The molecule has 1 aliphatic heterocycles. The number of hydrogen-bond donors (Lipinski definition) is 0. The Morgan fingerprint density at radius 3 is 2.77 bits per heavy atom. The lowest BCUT2D eigenvalue weighted by Gasteiger charge is -2.31. The van der Waals surface area contributed by atoms with Crippen LogP contribution in [0.1, 0.15) is 36.9 Å². The smallest absolute Gasteiger partial charge is 0.0726 e. The third kappa shape index (κ3) is 2.46. The van der Waals surface area contributed by atoms with E-state index in [1.54, 1.807) is 0 Å². The number of hydrogen-bond acceptors (Lipinski definition) is 3. The lowest BCUT2D eigenvalue weighted by molar-refractivity contribution is 0.123. The molecule has 1 saturated heterocycles. The minimum atomic E-state index is 0. The fourth-order valence-electron chi connectivity index (χ4n) is 3.84. The van der Waals surface area contributed by atoms with Crippen molar-refractivity contribution in [3.05, 3.63) is 35.5 Å². The van der Waals surface area contributed by atoms with E-state index < -0.39 is 0 Å². The molecule has 2 aliphatic rings. The second kappa shape index (κ2) is 6.43. The Morgan fingerprint density at radius 2 is 2.00 bits per heavy atom. The number of ether oxygens (including phenoxy) is 1. The average molecular weight is 319 g/mol. The Kier molecular flexibility index (Phi) is 4.55. The molecule has 1 aromatic carbocycles. The molecule has 0 spiro atoms. The highest BCUT2D eigenvalue weighted by Crippen LogP contribution is 2.42. The molecule has 0 bridgehead atoms. The van der Waals surface area contributed by atoms with Crippen molar-refractivity contribution in [2.24, 2.45) is 0 Å². The Bertz CT molecular complexity index is 667. The van der Waals surface area contributed by atoms with Crippen LogP contribution < -0.4 is 4.90 Å². The zero-order chi connectivity index (χ0) is 14.2. The molecule has 2 heterocycles. The minimum Gasteiger partial charge on any atom is -0.378 e. The molecule has 0 N–H and O–H groups in total. The van der Waals surface area contributed by atoms with Crippen LogP contribution in [0.5, 0.6) is 0 Å². The molecule has 2 aromatic rings. The molecule has 0 radical (unpaired) electrons. The molecule has 1 fully saturated rings. The minimum absolute atomic E-state index is 0. The summed E-state index contributed by atoms with van der Waals surface area (Å²) in [7, 11) is 0. The van der Waals surface area contributed by atoms with E-state index in [1.165, 1.54) is 41.6 Å². The van der Waals surface area contributed by atoms with Gasteiger partial charge < -0.3 is 9.64 Å². The quantitative estimate of drug-likeness (QED) is 0.839. The van der Waals surface area contributed by atoms with Crippen LogP contribution in [-0.2, 0) is 11.2 Å². The second-order valence-electron chi connectivity index (χ2n) is 6.08. The van der Waals surface area contributed by atoms with Crippen molar-refractivity contribution in [3.63, 3.8) is 0 Å². The van der Waals surface area contributed by atoms with E-state index in [1.807, 2.05) is 0 Å². The van der Waals surface area contributed by atoms with Crippen LogP contribution in [-0.4, -0.2) is 31.3 Å². The van der Waals surface area contributed by atoms with Crippen molar-refractivity contribution in [2.45, 2.75) is 32.1 Å². The van der Waals surface area contributed by atoms with Gasteiger partial charge in [-0.25, -0.2) is 0 Å². The van der Waals surface area contributed by atoms with Crippen LogP contribution >= 0.6 is 12.4 Å². The van der Waals surface area contributed by atoms with Crippen LogP contribution in [0.3, 0.4) is 0 Å². The molecule has 1 atom stereocenters. The number of aromatic nitrogens is 1. The van der Waals surface area contributed by atoms with Crippen LogP contribution in [0, 0.1) is 0 Å². The monoisotopic (exact) mass is 318 g/mol. The number of benzene rings is 1. The molecular weight excluding hydrogens is 296 g/mol. The largest absolute Gasteiger partial charge is 0.378 e. The van der Waals surface area contributed by atoms with Gasteiger partial charge in [0.25, 0.3) is 0 Å². The van der Waals surface area contributed by atoms with Crippen molar-refractivity contribution in [1.82, 2.24) is 4.98 Å². The van der Waals surface area contributed by atoms with Gasteiger partial charge in [0.2, 0.25) is 0 Å². The normalized spacial score (nSPS) is 20.8. The van der Waals surface area contributed by atoms with E-state index in [2.05, 4.69) is 36.1 Å². The predicted octanol–water partition coefficient (Wildman–Crippen LogP) is 3.93. The maximum Gasteiger partial charge on any atom is 0.0726 e. The van der Waals surface area contributed by atoms with Gasteiger partial charge in [-0.05, 0) is 30.9 Å². The Labute approximate surface area is 138 Å². The summed E-state index contributed by atoms with van der Waals surface area (Å²) < 4.78 is 5.54. The molecule has 1 unspecified atom stereocenters. The summed E-state index contributed by atoms with van der Waals surface area (Å²) in [4.78, 5) is 7.52. The highest BCUT2D eigenvalue weighted by Gasteiger charge is 2.29. The zero-order valence-electron chi connectivity index (χ0n) is 13.0. The van der Waals surface area contributed by atoms with Crippen molar-refractivity contribution in [2.75, 3.05) is 31.2 Å². The highest BCUT2D eigenvalue weighted by atomic mass is 35.5. The van der Waals surface area contributed by atoms with Gasteiger partial charge >= 0.3 is 0 Å². The van der Waals surface area contributed by atoms with Gasteiger partial charge in [0.15, 0.2) is 0 Å². The number of fused-ring (bicyclic) bond motifs is 2. The molecule has 1 aromatic heterocycles. The number of anilines is 1. The molecule has 0 amide bonds. The summed E-state index contributed by atoms with van der Waals surface area (Å²) in [5, 5.41) is 1.31. The third-order valence-corrected chi connectivity index (χ3v) is 4.94. The number of morpholine rings is 1. The molecule has 4 rings (SSSR count). The Morgan fingerprint density at radius 1 is 1.23 bits per heavy atom. The molecule has 4 heteroatoms. The Balaban J connectivity index is 0.00000144. The molecule has 118 valence electrons. The van der Waals surface area contributed by atoms with Gasteiger partial charge in [0.05, 0.1) is 24.4 Å². The fraction of sp³-hybridized carbons (Fsp3) is 0.500. The second-order valence-corrected chi connectivity index (χ2v) is 6.08. The van der Waals surface area contributed by atoms with Crippen molar-refractivity contribution < 1.29 is 4.74 Å². The van der Waals surface area contributed by atoms with Crippen molar-refractivity contribution in [3.8, 4) is 0 Å². The summed E-state index contributed by atoms with van der Waals surface area (Å²) in [6.07, 6.45) is 3.63. The van der Waals surface area contributed by atoms with Gasteiger partial charge in [-0.15, -0.1) is 12.4 Å². The lowest BCUT2D eigenvalue weighted by atomic mass is 10.0. The van der Waals surface area contributed by atoms with Gasteiger partial charge in [-0.1, -0.05) is 25.1 Å². The van der Waals surface area contributed by atoms with Gasteiger partial charge in [0.1, 0.15) is 0 Å². The maximum atomic E-state index is 5.54. The van der Waals surface area contributed by atoms with E-state index in [4.69, 9.17) is 9.72 Å². The number of para-hydroxylation sites is 1. The highest BCUT2D eigenvalue weighted by molar-refractivity contribution is 5.94. The standard InChI is InChI=1S/C18H22N2O.ClH/c1-2-13-7-8-15-17(13)19-16-6-4-3-5-14(16)18(15)20-9-11-21-12-10-20;/h3-6,13H,2,7-12H2,1H3;1H. The van der Waals surface area contributed by atoms with E-state index >= 15 is 0 Å². The topological polar surface area (TPSA) is 25.4 Å². The number of rotatable bonds is 2. The number of pyridine rings is 1. The summed E-state index contributed by atoms with van der Waals surface area (Å²) in [6.45, 7) is 5.95. The molecule has 1 aliphatic carbocycles. The molecule has 3 nitrogen and oxygen atoms in total. The summed E-state index contributed by atoms with van der Waals surface area (Å²) >= 11 is 0. The van der Waals surface area contributed by atoms with E-state index in [-0.39, 0.29) is 12.4 Å². The van der Waals surface area contributed by atoms with Crippen molar-refractivity contribution in [1.29, 1.82) is 0 Å². The van der Waals surface area contributed by atoms with Crippen LogP contribution in [0.15, 0.2) is 24.3 Å². The first-order chi connectivity index (χ1) is 10.4. The number of halogens is 1. The predicted molar refractivity (Wildman–Crippen MR) is 93.4 cm³/mol. The summed E-state index contributed by atoms with van der Waals surface area (Å²) in [6, 6.07) is 8.62. The number of nitrogens with zero attached hydrogens (tertiary/aromatic N) is 2. The summed E-state index contributed by atoms with van der Waals surface area (Å²) in [5.41, 5.74) is 5.45. The first-order valence-electron chi connectivity index (χ1n) is 8.12. The van der Waals surface area contributed by atoms with Crippen LogP contribution in [0.2, 0.25) is 0 Å². The first-order valence-corrected chi connectivity index (χ1v) is 8.12. The summed E-state index contributed by atoms with van der Waals surface area (Å²) in [5.74, 6) is 0.643. The van der Waals surface area contributed by atoms with E-state index in [9.17, 15) is 0 Å². The molecular formula is C18H23ClN2O. The van der Waals surface area contributed by atoms with Crippen LogP contribution in [0.4, 0.5) is 5.69 Å². The fourth-order valence-corrected chi connectivity index (χ4v) is 3.84. The molecule has 22 heavy (non-hydrogen) atoms.